The van der Waals surface area contributed by atoms with Gasteiger partial charge in [0.2, 0.25) is 0 Å². The number of phenols is 1. The van der Waals surface area contributed by atoms with Crippen LogP contribution in [-0.2, 0) is 32.0 Å². The fourth-order valence-corrected chi connectivity index (χ4v) is 9.26. The number of carbonyl (C=O) groups is 5. The van der Waals surface area contributed by atoms with Gasteiger partial charge in [-0.25, -0.2) is 0 Å². The SMILES string of the molecule is CC(=O)C1C(=O)C(C(C)C)[C@@]2(C)C[C@@]3(C)Cc4c(C(C)C)cc(-c5ccc(CC(C)C)cc5)c(O)c4C(=O)C3C(=O)[C@@]2(O)C1=O. The predicted octanol–water partition coefficient (Wildman–Crippen LogP) is 6.08. The number of rotatable bonds is 6. The van der Waals surface area contributed by atoms with E-state index in [9.17, 15) is 34.2 Å². The van der Waals surface area contributed by atoms with Gasteiger partial charge in [-0.1, -0.05) is 79.7 Å². The van der Waals surface area contributed by atoms with Crippen LogP contribution in [0.25, 0.3) is 11.1 Å². The largest absolute Gasteiger partial charge is 0.507 e. The second kappa shape index (κ2) is 10.8. The maximum absolute atomic E-state index is 14.6. The minimum absolute atomic E-state index is 0.0179. The molecule has 2 fully saturated rings. The average Bonchev–Trinajstić information content (AvgIpc) is 2.90. The van der Waals surface area contributed by atoms with Crippen LogP contribution in [0.4, 0.5) is 0 Å². The van der Waals surface area contributed by atoms with E-state index in [1.165, 1.54) is 0 Å². The van der Waals surface area contributed by atoms with Gasteiger partial charge in [0.05, 0.1) is 11.5 Å². The molecule has 0 bridgehead atoms. The van der Waals surface area contributed by atoms with Gasteiger partial charge in [0.1, 0.15) is 17.5 Å². The quantitative estimate of drug-likeness (QED) is 0.378. The van der Waals surface area contributed by atoms with Gasteiger partial charge >= 0.3 is 0 Å². The van der Waals surface area contributed by atoms with E-state index < -0.39 is 63.1 Å². The summed E-state index contributed by atoms with van der Waals surface area (Å²) in [6, 6.07) is 9.79. The van der Waals surface area contributed by atoms with Crippen molar-refractivity contribution in [1.29, 1.82) is 0 Å². The number of benzene rings is 2. The van der Waals surface area contributed by atoms with Crippen LogP contribution >= 0.6 is 0 Å². The second-order valence-corrected chi connectivity index (χ2v) is 15.5. The Morgan fingerprint density at radius 2 is 1.56 bits per heavy atom. The molecule has 2 aromatic rings. The van der Waals surface area contributed by atoms with Crippen molar-refractivity contribution >= 4 is 28.9 Å². The summed E-state index contributed by atoms with van der Waals surface area (Å²) in [5.41, 5.74) is -1.32. The Morgan fingerprint density at radius 1 is 0.956 bits per heavy atom. The Kier molecular flexibility index (Phi) is 7.92. The highest BCUT2D eigenvalue weighted by Gasteiger charge is 2.76. The van der Waals surface area contributed by atoms with E-state index in [4.69, 9.17) is 0 Å². The predicted molar refractivity (Wildman–Crippen MR) is 171 cm³/mol. The van der Waals surface area contributed by atoms with Crippen LogP contribution in [0.15, 0.2) is 30.3 Å². The maximum atomic E-state index is 14.6. The number of fused-ring (bicyclic) bond motifs is 3. The van der Waals surface area contributed by atoms with Gasteiger partial charge in [0.25, 0.3) is 0 Å². The van der Waals surface area contributed by atoms with E-state index in [0.29, 0.717) is 17.0 Å². The molecule has 0 saturated heterocycles. The lowest BCUT2D eigenvalue weighted by atomic mass is 9.39. The number of phenolic OH excluding ortho intramolecular Hbond substituents is 1. The maximum Gasteiger partial charge on any atom is 0.190 e. The number of ketones is 5. The summed E-state index contributed by atoms with van der Waals surface area (Å²) >= 11 is 0. The van der Waals surface area contributed by atoms with Gasteiger partial charge < -0.3 is 10.2 Å². The fourth-order valence-electron chi connectivity index (χ4n) is 9.26. The van der Waals surface area contributed by atoms with Crippen molar-refractivity contribution in [2.24, 2.45) is 40.4 Å². The van der Waals surface area contributed by atoms with E-state index in [1.807, 2.05) is 51.1 Å². The molecular weight excluding hydrogens is 568 g/mol. The van der Waals surface area contributed by atoms with Crippen molar-refractivity contribution in [3.63, 3.8) is 0 Å². The zero-order chi connectivity index (χ0) is 33.5. The first-order chi connectivity index (χ1) is 20.8. The van der Waals surface area contributed by atoms with Crippen LogP contribution in [0.2, 0.25) is 0 Å². The minimum atomic E-state index is -2.70. The van der Waals surface area contributed by atoms with Crippen molar-refractivity contribution < 1.29 is 34.2 Å². The molecule has 5 rings (SSSR count). The molecule has 240 valence electrons. The molecule has 7 heteroatoms. The van der Waals surface area contributed by atoms with Gasteiger partial charge in [-0.05, 0) is 77.7 Å². The summed E-state index contributed by atoms with van der Waals surface area (Å²) in [6.45, 7) is 16.4. The number of hydrogen-bond donors (Lipinski definition) is 2. The molecule has 2 N–H and O–H groups in total. The number of aliphatic hydroxyl groups is 1. The van der Waals surface area contributed by atoms with Crippen molar-refractivity contribution in [3.05, 3.63) is 52.6 Å². The first kappa shape index (κ1) is 32.9. The van der Waals surface area contributed by atoms with Gasteiger partial charge in [-0.15, -0.1) is 0 Å². The van der Waals surface area contributed by atoms with E-state index in [-0.39, 0.29) is 36.0 Å². The van der Waals surface area contributed by atoms with Crippen molar-refractivity contribution in [1.82, 2.24) is 0 Å². The number of hydrogen-bond acceptors (Lipinski definition) is 7. The fraction of sp³-hybridized carbons (Fsp3) is 0.553. The normalized spacial score (nSPS) is 31.4. The molecule has 0 aliphatic heterocycles. The molecule has 0 spiro atoms. The topological polar surface area (TPSA) is 126 Å². The molecule has 0 heterocycles. The second-order valence-electron chi connectivity index (χ2n) is 15.5. The average molecular weight is 615 g/mol. The summed E-state index contributed by atoms with van der Waals surface area (Å²) in [7, 11) is 0. The third kappa shape index (κ3) is 4.59. The summed E-state index contributed by atoms with van der Waals surface area (Å²) < 4.78 is 0. The number of Topliss-reactive ketones (excluding diaryl/α,β-unsaturated/α-hetero) is 5. The van der Waals surface area contributed by atoms with E-state index in [0.717, 1.165) is 30.0 Å². The van der Waals surface area contributed by atoms with Crippen LogP contribution in [0, 0.1) is 40.4 Å². The molecule has 3 unspecified atom stereocenters. The van der Waals surface area contributed by atoms with Crippen molar-refractivity contribution in [3.8, 4) is 16.9 Å². The summed E-state index contributed by atoms with van der Waals surface area (Å²) in [4.78, 5) is 69.5. The molecule has 45 heavy (non-hydrogen) atoms. The lowest BCUT2D eigenvalue weighted by molar-refractivity contribution is -0.205. The molecule has 0 amide bonds. The third-order valence-electron chi connectivity index (χ3n) is 10.9. The number of aromatic hydroxyl groups is 1. The molecule has 2 aromatic carbocycles. The van der Waals surface area contributed by atoms with Gasteiger partial charge in [-0.2, -0.15) is 0 Å². The Hall–Kier alpha value is -3.45. The highest BCUT2D eigenvalue weighted by atomic mass is 16.3. The summed E-state index contributed by atoms with van der Waals surface area (Å²) in [5.74, 6) is -8.34. The molecule has 3 aliphatic carbocycles. The van der Waals surface area contributed by atoms with Crippen LogP contribution in [0.1, 0.15) is 102 Å². The van der Waals surface area contributed by atoms with Gasteiger partial charge in [0.15, 0.2) is 28.7 Å². The monoisotopic (exact) mass is 614 g/mol. The summed E-state index contributed by atoms with van der Waals surface area (Å²) in [5, 5.41) is 24.0. The first-order valence-electron chi connectivity index (χ1n) is 16.2. The van der Waals surface area contributed by atoms with Crippen molar-refractivity contribution in [2.45, 2.75) is 93.1 Å². The van der Waals surface area contributed by atoms with Crippen LogP contribution in [0.3, 0.4) is 0 Å². The van der Waals surface area contributed by atoms with E-state index in [2.05, 4.69) is 13.8 Å². The van der Waals surface area contributed by atoms with Crippen LogP contribution in [0.5, 0.6) is 5.75 Å². The smallest absolute Gasteiger partial charge is 0.190 e. The number of carbonyl (C=O) groups excluding carboxylic acids is 5. The van der Waals surface area contributed by atoms with E-state index in [1.54, 1.807) is 20.8 Å². The Labute approximate surface area is 265 Å². The zero-order valence-electron chi connectivity index (χ0n) is 27.9. The molecule has 6 atom stereocenters. The highest BCUT2D eigenvalue weighted by Crippen LogP contribution is 2.64. The first-order valence-corrected chi connectivity index (χ1v) is 16.2. The van der Waals surface area contributed by atoms with Crippen LogP contribution in [-0.4, -0.2) is 44.7 Å². The molecule has 2 saturated carbocycles. The van der Waals surface area contributed by atoms with Crippen LogP contribution < -0.4 is 0 Å². The lowest BCUT2D eigenvalue weighted by Gasteiger charge is -2.62. The highest BCUT2D eigenvalue weighted by molar-refractivity contribution is 6.32. The standard InChI is InChI=1S/C38H46O7/c1-18(2)14-22-10-12-23(13-11-22)25-15-24(19(3)4)26-16-36(8)17-37(9)29(20(5)6)32(41)27(21(7)39)34(43)38(37,45)35(44)30(36)33(42)28(26)31(25)40/h10-13,15,18-20,27,29-30,40,45H,14,16-17H2,1-9H3/t27?,29?,30?,36-,37-,38+/m1/s1. The Bertz CT molecular complexity index is 1630. The molecule has 7 nitrogen and oxygen atoms in total. The molecule has 0 aromatic heterocycles. The van der Waals surface area contributed by atoms with Crippen molar-refractivity contribution in [2.75, 3.05) is 0 Å². The van der Waals surface area contributed by atoms with Gasteiger partial charge in [-0.3, -0.25) is 24.0 Å². The molecular formula is C38H46O7. The Balaban J connectivity index is 1.72. The summed E-state index contributed by atoms with van der Waals surface area (Å²) in [6.07, 6.45) is 1.19. The third-order valence-corrected chi connectivity index (χ3v) is 10.9. The Morgan fingerprint density at radius 3 is 2.07 bits per heavy atom. The zero-order valence-corrected chi connectivity index (χ0v) is 27.9. The molecule has 3 aliphatic rings. The molecule has 0 radical (unpaired) electrons. The van der Waals surface area contributed by atoms with Gasteiger partial charge in [0, 0.05) is 16.9 Å². The minimum Gasteiger partial charge on any atom is -0.507 e. The lowest BCUT2D eigenvalue weighted by Crippen LogP contribution is -2.76. The van der Waals surface area contributed by atoms with E-state index >= 15 is 0 Å².